The largest absolute Gasteiger partial charge is 0.315 e. The van der Waals surface area contributed by atoms with Crippen LogP contribution in [0.15, 0.2) is 0 Å². The first-order chi connectivity index (χ1) is 32.2. The van der Waals surface area contributed by atoms with Crippen LogP contribution >= 0.6 is 0 Å². The Labute approximate surface area is 413 Å². The van der Waals surface area contributed by atoms with Gasteiger partial charge < -0.3 is 25.3 Å². The molecule has 0 aliphatic carbocycles. The number of hydrogen-bond acceptors (Lipinski definition) is 5. The van der Waals surface area contributed by atoms with Gasteiger partial charge in [0, 0.05) is 39.3 Å². The average Bonchev–Trinajstić information content (AvgIpc) is 3.31. The first-order valence-corrected chi connectivity index (χ1v) is 30.8. The van der Waals surface area contributed by atoms with Gasteiger partial charge in [0.25, 0.3) is 0 Å². The highest BCUT2D eigenvalue weighted by Crippen LogP contribution is 2.14. The lowest BCUT2D eigenvalue weighted by atomic mass is 10.1. The molecule has 5 heteroatoms. The summed E-state index contributed by atoms with van der Waals surface area (Å²) < 4.78 is 0. The molecule has 0 radical (unpaired) electrons. The molecule has 0 saturated heterocycles. The molecule has 0 fully saturated rings. The Bertz CT molecular complexity index is 805. The summed E-state index contributed by atoms with van der Waals surface area (Å²) in [7, 11) is 0. The van der Waals surface area contributed by atoms with Crippen LogP contribution in [0.4, 0.5) is 0 Å². The SMILES string of the molecule is CCCCCCCCCCCCN(CCCCCCCCCCC)CCNCCCCNCCN(CCCCCCCCC)CCN(CCCCCCCCC)CCCCCCCCC. The molecule has 0 heterocycles. The van der Waals surface area contributed by atoms with Crippen molar-refractivity contribution in [1.82, 2.24) is 25.3 Å². The van der Waals surface area contributed by atoms with Crippen molar-refractivity contribution in [2.24, 2.45) is 0 Å². The first kappa shape index (κ1) is 64.8. The van der Waals surface area contributed by atoms with E-state index in [1.165, 1.54) is 342 Å². The van der Waals surface area contributed by atoms with E-state index in [1.54, 1.807) is 0 Å². The summed E-state index contributed by atoms with van der Waals surface area (Å²) in [5.74, 6) is 0. The van der Waals surface area contributed by atoms with E-state index in [9.17, 15) is 0 Å². The number of unbranched alkanes of at least 4 members (excludes halogenated alkanes) is 36. The van der Waals surface area contributed by atoms with Crippen molar-refractivity contribution in [2.45, 2.75) is 304 Å². The molecule has 0 spiro atoms. The van der Waals surface area contributed by atoms with E-state index in [1.807, 2.05) is 0 Å². The van der Waals surface area contributed by atoms with Gasteiger partial charge in [-0.3, -0.25) is 0 Å². The highest BCUT2D eigenvalue weighted by atomic mass is 15.2. The van der Waals surface area contributed by atoms with Crippen molar-refractivity contribution in [3.8, 4) is 0 Å². The van der Waals surface area contributed by atoms with Crippen LogP contribution < -0.4 is 10.6 Å². The Morgan fingerprint density at radius 2 is 0.354 bits per heavy atom. The number of nitrogens with one attached hydrogen (secondary N) is 2. The van der Waals surface area contributed by atoms with Crippen molar-refractivity contribution in [3.63, 3.8) is 0 Å². The van der Waals surface area contributed by atoms with Gasteiger partial charge in [0.1, 0.15) is 0 Å². The van der Waals surface area contributed by atoms with Gasteiger partial charge in [0.2, 0.25) is 0 Å². The van der Waals surface area contributed by atoms with Gasteiger partial charge in [0.15, 0.2) is 0 Å². The zero-order valence-electron chi connectivity index (χ0n) is 46.2. The second kappa shape index (κ2) is 58.1. The van der Waals surface area contributed by atoms with Crippen molar-refractivity contribution in [3.05, 3.63) is 0 Å². The van der Waals surface area contributed by atoms with Crippen molar-refractivity contribution in [2.75, 3.05) is 85.1 Å². The lowest BCUT2D eigenvalue weighted by Gasteiger charge is -2.28. The molecule has 0 aliphatic heterocycles. The van der Waals surface area contributed by atoms with E-state index < -0.39 is 0 Å². The molecule has 0 aromatic carbocycles. The van der Waals surface area contributed by atoms with E-state index in [-0.39, 0.29) is 0 Å². The molecule has 5 nitrogen and oxygen atoms in total. The lowest BCUT2D eigenvalue weighted by Crippen LogP contribution is -2.40. The summed E-state index contributed by atoms with van der Waals surface area (Å²) >= 11 is 0. The Balaban J connectivity index is 4.69. The summed E-state index contributed by atoms with van der Waals surface area (Å²) in [6.07, 6.45) is 59.5. The van der Waals surface area contributed by atoms with Crippen LogP contribution in [-0.4, -0.2) is 99.8 Å². The third-order valence-corrected chi connectivity index (χ3v) is 14.5. The Morgan fingerprint density at radius 3 is 0.585 bits per heavy atom. The van der Waals surface area contributed by atoms with E-state index in [2.05, 4.69) is 60.0 Å². The zero-order valence-corrected chi connectivity index (χ0v) is 46.2. The van der Waals surface area contributed by atoms with Crippen LogP contribution in [0.5, 0.6) is 0 Å². The standard InChI is InChI=1S/C60H127N5/c1-6-11-16-21-26-28-30-35-40-44-53-63(52-43-39-34-29-27-22-17-12-7-2)57-50-61-48-41-42-49-62-51-58-65(56-47-38-33-25-20-15-10-5)60-59-64(54-45-36-31-23-18-13-8-3)55-46-37-32-24-19-14-9-4/h61-62H,6-60H2,1-5H3. The maximum absolute atomic E-state index is 3.87. The Kier molecular flexibility index (Phi) is 57.9. The molecule has 0 aromatic heterocycles. The molecular weight excluding hydrogens is 791 g/mol. The number of hydrogen-bond donors (Lipinski definition) is 2. The van der Waals surface area contributed by atoms with Crippen LogP contribution in [-0.2, 0) is 0 Å². The third-order valence-electron chi connectivity index (χ3n) is 14.5. The number of nitrogens with zero attached hydrogens (tertiary/aromatic N) is 3. The second-order valence-electron chi connectivity index (χ2n) is 21.1. The Morgan fingerprint density at radius 1 is 0.169 bits per heavy atom. The van der Waals surface area contributed by atoms with Gasteiger partial charge in [-0.05, 0) is 90.8 Å². The van der Waals surface area contributed by atoms with Crippen molar-refractivity contribution >= 4 is 0 Å². The summed E-state index contributed by atoms with van der Waals surface area (Å²) in [5, 5.41) is 7.72. The fourth-order valence-electron chi connectivity index (χ4n) is 9.86. The molecule has 392 valence electrons. The minimum Gasteiger partial charge on any atom is -0.315 e. The van der Waals surface area contributed by atoms with Crippen LogP contribution in [0.2, 0.25) is 0 Å². The molecule has 0 aliphatic rings. The van der Waals surface area contributed by atoms with Gasteiger partial charge in [0.05, 0.1) is 0 Å². The predicted molar refractivity (Wildman–Crippen MR) is 297 cm³/mol. The molecule has 65 heavy (non-hydrogen) atoms. The maximum atomic E-state index is 3.87. The quantitative estimate of drug-likeness (QED) is 0.0594. The van der Waals surface area contributed by atoms with E-state index in [4.69, 9.17) is 0 Å². The molecule has 0 unspecified atom stereocenters. The highest BCUT2D eigenvalue weighted by molar-refractivity contribution is 4.68. The van der Waals surface area contributed by atoms with Crippen LogP contribution in [0.3, 0.4) is 0 Å². The van der Waals surface area contributed by atoms with Crippen LogP contribution in [0, 0.1) is 0 Å². The van der Waals surface area contributed by atoms with Gasteiger partial charge in [-0.2, -0.15) is 0 Å². The molecule has 0 amide bonds. The van der Waals surface area contributed by atoms with Gasteiger partial charge in [-0.1, -0.05) is 259 Å². The van der Waals surface area contributed by atoms with Gasteiger partial charge >= 0.3 is 0 Å². The molecule has 0 rings (SSSR count). The van der Waals surface area contributed by atoms with Crippen molar-refractivity contribution in [1.29, 1.82) is 0 Å². The lowest BCUT2D eigenvalue weighted by molar-refractivity contribution is 0.195. The van der Waals surface area contributed by atoms with Gasteiger partial charge in [-0.15, -0.1) is 0 Å². The smallest absolute Gasteiger partial charge is 0.0110 e. The first-order valence-electron chi connectivity index (χ1n) is 30.8. The van der Waals surface area contributed by atoms with E-state index >= 15 is 0 Å². The molecule has 0 saturated carbocycles. The molecule has 0 atom stereocenters. The highest BCUT2D eigenvalue weighted by Gasteiger charge is 2.11. The molecule has 0 bridgehead atoms. The average molecular weight is 919 g/mol. The topological polar surface area (TPSA) is 33.8 Å². The van der Waals surface area contributed by atoms with Crippen LogP contribution in [0.1, 0.15) is 304 Å². The molecule has 0 aromatic rings. The van der Waals surface area contributed by atoms with E-state index in [0.29, 0.717) is 0 Å². The summed E-state index contributed by atoms with van der Waals surface area (Å²) in [4.78, 5) is 8.51. The van der Waals surface area contributed by atoms with Crippen molar-refractivity contribution < 1.29 is 0 Å². The minimum atomic E-state index is 1.15. The van der Waals surface area contributed by atoms with Crippen LogP contribution in [0.25, 0.3) is 0 Å². The third kappa shape index (κ3) is 53.0. The monoisotopic (exact) mass is 918 g/mol. The van der Waals surface area contributed by atoms with Gasteiger partial charge in [-0.25, -0.2) is 0 Å². The maximum Gasteiger partial charge on any atom is 0.0110 e. The second-order valence-corrected chi connectivity index (χ2v) is 21.1. The summed E-state index contributed by atoms with van der Waals surface area (Å²) in [6.45, 7) is 27.8. The summed E-state index contributed by atoms with van der Waals surface area (Å²) in [6, 6.07) is 0. The molecule has 2 N–H and O–H groups in total. The normalized spacial score (nSPS) is 12.0. The van der Waals surface area contributed by atoms with E-state index in [0.717, 1.165) is 13.1 Å². The minimum absolute atomic E-state index is 1.15. The number of rotatable bonds is 59. The molecular formula is C60H127N5. The zero-order chi connectivity index (χ0) is 47.0. The Hall–Kier alpha value is -0.200. The predicted octanol–water partition coefficient (Wildman–Crippen LogP) is 17.6. The summed E-state index contributed by atoms with van der Waals surface area (Å²) in [5.41, 5.74) is 0. The fourth-order valence-corrected chi connectivity index (χ4v) is 9.86. The fraction of sp³-hybridized carbons (Fsp3) is 1.00.